The number of halogens is 3. The van der Waals surface area contributed by atoms with E-state index in [1.165, 1.54) is 38.5 Å². The Kier molecular flexibility index (Phi) is 12.4. The molecule has 0 N–H and O–H groups in total. The van der Waals surface area contributed by atoms with Crippen molar-refractivity contribution in [3.05, 3.63) is 0 Å². The normalized spacial score (nSPS) is 11.4. The zero-order chi connectivity index (χ0) is 18.4. The molecule has 142 valence electrons. The van der Waals surface area contributed by atoms with Crippen LogP contribution in [0.1, 0.15) is 71.1 Å². The van der Waals surface area contributed by atoms with Crippen molar-refractivity contribution >= 4 is 11.9 Å². The van der Waals surface area contributed by atoms with Crippen LogP contribution in [0.4, 0.5) is 13.2 Å². The molecular formula is C17H30F3NO3. The highest BCUT2D eigenvalue weighted by Gasteiger charge is 2.41. The molecule has 0 aromatic rings. The Bertz CT molecular complexity index is 359. The zero-order valence-electron chi connectivity index (χ0n) is 14.8. The number of esters is 1. The lowest BCUT2D eigenvalue weighted by Gasteiger charge is -2.17. The fraction of sp³-hybridized carbons (Fsp3) is 0.882. The summed E-state index contributed by atoms with van der Waals surface area (Å²) in [6, 6.07) is 0. The van der Waals surface area contributed by atoms with E-state index in [9.17, 15) is 22.8 Å². The van der Waals surface area contributed by atoms with Gasteiger partial charge in [-0.2, -0.15) is 13.2 Å². The maximum atomic E-state index is 12.1. The van der Waals surface area contributed by atoms with Crippen LogP contribution in [0.2, 0.25) is 0 Å². The van der Waals surface area contributed by atoms with Gasteiger partial charge >= 0.3 is 18.1 Å². The molecule has 0 heterocycles. The third kappa shape index (κ3) is 12.2. The average Bonchev–Trinajstić information content (AvgIpc) is 2.50. The van der Waals surface area contributed by atoms with Crippen molar-refractivity contribution in [1.29, 1.82) is 0 Å². The van der Waals surface area contributed by atoms with Gasteiger partial charge in [-0.15, -0.1) is 0 Å². The lowest BCUT2D eigenvalue weighted by molar-refractivity contribution is -0.185. The van der Waals surface area contributed by atoms with Crippen LogP contribution in [0, 0.1) is 0 Å². The number of likely N-dealkylation sites (N-methyl/N-ethyl adjacent to an activating group) is 1. The number of nitrogens with zero attached hydrogens (tertiary/aromatic N) is 1. The summed E-state index contributed by atoms with van der Waals surface area (Å²) < 4.78 is 41.3. The Labute approximate surface area is 142 Å². The molecular weight excluding hydrogens is 323 g/mol. The first-order valence-corrected chi connectivity index (χ1v) is 8.77. The maximum Gasteiger partial charge on any atom is 0.471 e. The number of unbranched alkanes of at least 4 members (excludes halogenated alkanes) is 9. The largest absolute Gasteiger partial charge is 0.471 e. The Hall–Kier alpha value is -1.27. The quantitative estimate of drug-likeness (QED) is 0.362. The van der Waals surface area contributed by atoms with E-state index in [0.29, 0.717) is 11.3 Å². The molecule has 0 bridgehead atoms. The molecule has 7 heteroatoms. The lowest BCUT2D eigenvalue weighted by Crippen LogP contribution is -2.41. The monoisotopic (exact) mass is 353 g/mol. The van der Waals surface area contributed by atoms with E-state index in [1.54, 1.807) is 0 Å². The van der Waals surface area contributed by atoms with E-state index in [2.05, 4.69) is 6.92 Å². The summed E-state index contributed by atoms with van der Waals surface area (Å²) in [6.45, 7) is 1.69. The van der Waals surface area contributed by atoms with Gasteiger partial charge in [0.25, 0.3) is 0 Å². The van der Waals surface area contributed by atoms with Gasteiger partial charge in [0.2, 0.25) is 0 Å². The van der Waals surface area contributed by atoms with Crippen molar-refractivity contribution in [2.24, 2.45) is 0 Å². The fourth-order valence-corrected chi connectivity index (χ4v) is 2.30. The molecule has 24 heavy (non-hydrogen) atoms. The van der Waals surface area contributed by atoms with Gasteiger partial charge in [-0.3, -0.25) is 9.59 Å². The first-order chi connectivity index (χ1) is 11.3. The van der Waals surface area contributed by atoms with Crippen LogP contribution < -0.4 is 0 Å². The molecule has 0 aliphatic heterocycles. The molecule has 0 aliphatic rings. The van der Waals surface area contributed by atoms with Crippen LogP contribution in [-0.2, 0) is 14.3 Å². The van der Waals surface area contributed by atoms with Crippen LogP contribution in [0.15, 0.2) is 0 Å². The first-order valence-electron chi connectivity index (χ1n) is 8.77. The van der Waals surface area contributed by atoms with Crippen LogP contribution in [-0.4, -0.2) is 43.2 Å². The van der Waals surface area contributed by atoms with E-state index in [-0.39, 0.29) is 6.61 Å². The molecule has 1 amide bonds. The van der Waals surface area contributed by atoms with E-state index >= 15 is 0 Å². The number of rotatable bonds is 13. The summed E-state index contributed by atoms with van der Waals surface area (Å²) in [5, 5.41) is 0. The predicted octanol–water partition coefficient (Wildman–Crippen LogP) is 4.47. The minimum Gasteiger partial charge on any atom is -0.464 e. The van der Waals surface area contributed by atoms with Gasteiger partial charge in [-0.25, -0.2) is 0 Å². The van der Waals surface area contributed by atoms with E-state index in [0.717, 1.165) is 26.3 Å². The van der Waals surface area contributed by atoms with Gasteiger partial charge in [0.1, 0.15) is 6.54 Å². The third-order valence-corrected chi connectivity index (χ3v) is 3.72. The SMILES string of the molecule is CCCCCCCCCCCCOC(=O)CN(C)C(=O)C(F)(F)F. The molecule has 0 saturated carbocycles. The van der Waals surface area contributed by atoms with Gasteiger partial charge < -0.3 is 9.64 Å². The molecule has 0 rings (SSSR count). The van der Waals surface area contributed by atoms with E-state index in [1.807, 2.05) is 0 Å². The highest BCUT2D eigenvalue weighted by molar-refractivity contribution is 5.85. The molecule has 0 aliphatic carbocycles. The summed E-state index contributed by atoms with van der Waals surface area (Å²) in [5.74, 6) is -2.86. The van der Waals surface area contributed by atoms with Crippen molar-refractivity contribution in [2.45, 2.75) is 77.3 Å². The second kappa shape index (κ2) is 13.1. The second-order valence-corrected chi connectivity index (χ2v) is 6.06. The van der Waals surface area contributed by atoms with Crippen molar-refractivity contribution in [3.8, 4) is 0 Å². The highest BCUT2D eigenvalue weighted by atomic mass is 19.4. The number of carbonyl (C=O) groups excluding carboxylic acids is 2. The fourth-order valence-electron chi connectivity index (χ4n) is 2.30. The number of hydrogen-bond acceptors (Lipinski definition) is 3. The van der Waals surface area contributed by atoms with Gasteiger partial charge in [0.05, 0.1) is 6.61 Å². The summed E-state index contributed by atoms with van der Waals surface area (Å²) in [4.78, 5) is 22.5. The molecule has 0 fully saturated rings. The number of hydrogen-bond donors (Lipinski definition) is 0. The standard InChI is InChI=1S/C17H30F3NO3/c1-3-4-5-6-7-8-9-10-11-12-13-24-15(22)14-21(2)16(23)17(18,19)20/h3-14H2,1-2H3. The number of carbonyl (C=O) groups is 2. The van der Waals surface area contributed by atoms with Gasteiger partial charge in [0.15, 0.2) is 0 Å². The summed E-state index contributed by atoms with van der Waals surface area (Å²) in [5.41, 5.74) is 0. The smallest absolute Gasteiger partial charge is 0.464 e. The molecule has 0 spiro atoms. The topological polar surface area (TPSA) is 46.6 Å². The minimum atomic E-state index is -4.97. The van der Waals surface area contributed by atoms with Gasteiger partial charge in [-0.05, 0) is 6.42 Å². The van der Waals surface area contributed by atoms with E-state index in [4.69, 9.17) is 4.74 Å². The first kappa shape index (κ1) is 22.7. The zero-order valence-corrected chi connectivity index (χ0v) is 14.8. The molecule has 0 aromatic heterocycles. The molecule has 4 nitrogen and oxygen atoms in total. The number of alkyl halides is 3. The minimum absolute atomic E-state index is 0.184. The van der Waals surface area contributed by atoms with Crippen LogP contribution in [0.25, 0.3) is 0 Å². The summed E-state index contributed by atoms with van der Waals surface area (Å²) in [6.07, 6.45) is 6.49. The highest BCUT2D eigenvalue weighted by Crippen LogP contribution is 2.17. The van der Waals surface area contributed by atoms with Gasteiger partial charge in [0, 0.05) is 7.05 Å². The summed E-state index contributed by atoms with van der Waals surface area (Å²) in [7, 11) is 0.928. The molecule has 0 atom stereocenters. The molecule has 0 radical (unpaired) electrons. The van der Waals surface area contributed by atoms with Crippen molar-refractivity contribution in [3.63, 3.8) is 0 Å². The summed E-state index contributed by atoms with van der Waals surface area (Å²) >= 11 is 0. The molecule has 0 saturated heterocycles. The number of amides is 1. The van der Waals surface area contributed by atoms with Crippen LogP contribution in [0.3, 0.4) is 0 Å². The Morgan fingerprint density at radius 3 is 1.79 bits per heavy atom. The van der Waals surface area contributed by atoms with E-state index < -0.39 is 24.6 Å². The van der Waals surface area contributed by atoms with Crippen molar-refractivity contribution in [2.75, 3.05) is 20.2 Å². The average molecular weight is 353 g/mol. The second-order valence-electron chi connectivity index (χ2n) is 6.06. The Balaban J connectivity index is 3.51. The predicted molar refractivity (Wildman–Crippen MR) is 86.5 cm³/mol. The van der Waals surface area contributed by atoms with Crippen molar-refractivity contribution < 1.29 is 27.5 Å². The number of ether oxygens (including phenoxy) is 1. The Morgan fingerprint density at radius 2 is 1.33 bits per heavy atom. The third-order valence-electron chi connectivity index (χ3n) is 3.72. The van der Waals surface area contributed by atoms with Crippen molar-refractivity contribution in [1.82, 2.24) is 4.90 Å². The maximum absolute atomic E-state index is 12.1. The van der Waals surface area contributed by atoms with Crippen LogP contribution >= 0.6 is 0 Å². The van der Waals surface area contributed by atoms with Gasteiger partial charge in [-0.1, -0.05) is 64.7 Å². The molecule has 0 aromatic carbocycles. The lowest BCUT2D eigenvalue weighted by atomic mass is 10.1. The molecule has 0 unspecified atom stereocenters. The Morgan fingerprint density at radius 1 is 0.875 bits per heavy atom. The van der Waals surface area contributed by atoms with Crippen LogP contribution in [0.5, 0.6) is 0 Å².